The van der Waals surface area contributed by atoms with E-state index in [-0.39, 0.29) is 0 Å². The zero-order chi connectivity index (χ0) is 11.9. The molecule has 0 aromatic heterocycles. The van der Waals surface area contributed by atoms with Gasteiger partial charge in [0.1, 0.15) is 0 Å². The molecule has 0 unspecified atom stereocenters. The molecule has 0 amide bonds. The summed E-state index contributed by atoms with van der Waals surface area (Å²) in [4.78, 5) is 0. The SMILES string of the molecule is CCC[Si](CCC)(CCC)OP(=O)(Cl)Cl. The Hall–Kier alpha value is 0.987. The third-order valence-corrected chi connectivity index (χ3v) is 10.3. The molecule has 0 aliphatic carbocycles. The lowest BCUT2D eigenvalue weighted by molar-refractivity contribution is 0.495. The van der Waals surface area contributed by atoms with Gasteiger partial charge in [-0.15, -0.1) is 0 Å². The highest BCUT2D eigenvalue weighted by atomic mass is 35.9. The highest BCUT2D eigenvalue weighted by molar-refractivity contribution is 8.05. The second-order valence-corrected chi connectivity index (χ2v) is 12.6. The van der Waals surface area contributed by atoms with Crippen LogP contribution in [0.1, 0.15) is 40.0 Å². The van der Waals surface area contributed by atoms with Crippen molar-refractivity contribution in [3.63, 3.8) is 0 Å². The van der Waals surface area contributed by atoms with Gasteiger partial charge in [0, 0.05) is 0 Å². The molecule has 0 aromatic rings. The van der Waals surface area contributed by atoms with Crippen LogP contribution in [0, 0.1) is 0 Å². The predicted molar refractivity (Wildman–Crippen MR) is 71.4 cm³/mol. The summed E-state index contributed by atoms with van der Waals surface area (Å²) < 4.78 is 17.0. The predicted octanol–water partition coefficient (Wildman–Crippen LogP) is 5.76. The average molecular weight is 291 g/mol. The second kappa shape index (κ2) is 7.34. The Bertz CT molecular complexity index is 203. The summed E-state index contributed by atoms with van der Waals surface area (Å²) in [5.74, 6) is 0. The zero-order valence-corrected chi connectivity index (χ0v) is 13.2. The molecule has 15 heavy (non-hydrogen) atoms. The molecule has 0 rings (SSSR count). The monoisotopic (exact) mass is 290 g/mol. The lowest BCUT2D eigenvalue weighted by Gasteiger charge is -2.30. The lowest BCUT2D eigenvalue weighted by atomic mass is 10.6. The minimum Gasteiger partial charge on any atom is -0.348 e. The molecule has 0 aliphatic rings. The molecule has 2 nitrogen and oxygen atoms in total. The smallest absolute Gasteiger partial charge is 0.348 e. The van der Waals surface area contributed by atoms with Crippen LogP contribution in [0.5, 0.6) is 0 Å². The fourth-order valence-corrected chi connectivity index (χ4v) is 11.1. The molecule has 92 valence electrons. The van der Waals surface area contributed by atoms with Gasteiger partial charge in [0.2, 0.25) is 8.32 Å². The standard InChI is InChI=1S/C9H21Cl2O2PSi/c1-4-7-15(8-5-2,9-6-3)13-14(10,11)12/h4-9H2,1-3H3. The van der Waals surface area contributed by atoms with Gasteiger partial charge in [0.15, 0.2) is 0 Å². The highest BCUT2D eigenvalue weighted by Gasteiger charge is 2.38. The van der Waals surface area contributed by atoms with Crippen LogP contribution in [-0.4, -0.2) is 8.32 Å². The molecule has 0 N–H and O–H groups in total. The van der Waals surface area contributed by atoms with Crippen molar-refractivity contribution in [1.82, 2.24) is 0 Å². The van der Waals surface area contributed by atoms with Gasteiger partial charge in [0.05, 0.1) is 0 Å². The Morgan fingerprint density at radius 2 is 1.33 bits per heavy atom. The van der Waals surface area contributed by atoms with Gasteiger partial charge < -0.3 is 4.21 Å². The Kier molecular flexibility index (Phi) is 7.82. The van der Waals surface area contributed by atoms with Crippen molar-refractivity contribution >= 4 is 36.9 Å². The molecule has 0 saturated heterocycles. The Balaban J connectivity index is 4.67. The maximum atomic E-state index is 11.4. The van der Waals surface area contributed by atoms with E-state index in [4.69, 9.17) is 26.7 Å². The first-order valence-electron chi connectivity index (χ1n) is 5.59. The molecule has 0 heterocycles. The van der Waals surface area contributed by atoms with Crippen LogP contribution in [0.15, 0.2) is 0 Å². The van der Waals surface area contributed by atoms with E-state index in [0.29, 0.717) is 0 Å². The van der Waals surface area contributed by atoms with E-state index < -0.39 is 14.4 Å². The van der Waals surface area contributed by atoms with Crippen LogP contribution in [0.4, 0.5) is 0 Å². The minimum atomic E-state index is -3.37. The summed E-state index contributed by atoms with van der Waals surface area (Å²) >= 11 is 11.1. The summed E-state index contributed by atoms with van der Waals surface area (Å²) in [6, 6.07) is 2.99. The Morgan fingerprint density at radius 1 is 1.00 bits per heavy atom. The van der Waals surface area contributed by atoms with E-state index in [1.807, 2.05) is 0 Å². The van der Waals surface area contributed by atoms with Crippen LogP contribution in [0.3, 0.4) is 0 Å². The first-order valence-corrected chi connectivity index (χ1v) is 11.6. The van der Waals surface area contributed by atoms with Gasteiger partial charge in [-0.3, -0.25) is 4.57 Å². The minimum absolute atomic E-state index is 0.998. The summed E-state index contributed by atoms with van der Waals surface area (Å²) in [5, 5.41) is 0. The molecule has 6 heteroatoms. The summed E-state index contributed by atoms with van der Waals surface area (Å²) in [6.07, 6.45) is -0.245. The quantitative estimate of drug-likeness (QED) is 0.419. The van der Waals surface area contributed by atoms with Gasteiger partial charge in [-0.05, 0) is 40.6 Å². The van der Waals surface area contributed by atoms with Crippen molar-refractivity contribution in [3.8, 4) is 0 Å². The maximum Gasteiger partial charge on any atom is 0.370 e. The van der Waals surface area contributed by atoms with E-state index in [9.17, 15) is 4.57 Å². The Morgan fingerprint density at radius 3 is 1.53 bits per heavy atom. The summed E-state index contributed by atoms with van der Waals surface area (Å²) in [5.41, 5.74) is 0. The first-order chi connectivity index (χ1) is 6.89. The van der Waals surface area contributed by atoms with Crippen LogP contribution in [0.2, 0.25) is 18.1 Å². The molecule has 0 bridgehead atoms. The van der Waals surface area contributed by atoms with Gasteiger partial charge >= 0.3 is 6.07 Å². The second-order valence-electron chi connectivity index (χ2n) is 3.94. The normalized spacial score (nSPS) is 13.1. The Labute approximate surface area is 104 Å². The van der Waals surface area contributed by atoms with E-state index >= 15 is 0 Å². The molecule has 0 radical (unpaired) electrons. The fraction of sp³-hybridized carbons (Fsp3) is 1.00. The van der Waals surface area contributed by atoms with Crippen LogP contribution < -0.4 is 0 Å². The van der Waals surface area contributed by atoms with Crippen molar-refractivity contribution in [2.75, 3.05) is 0 Å². The molecule has 0 saturated carbocycles. The molecular formula is C9H21Cl2O2PSi. The third-order valence-electron chi connectivity index (χ3n) is 2.42. The van der Waals surface area contributed by atoms with Gasteiger partial charge in [0.25, 0.3) is 0 Å². The van der Waals surface area contributed by atoms with Crippen molar-refractivity contribution in [3.05, 3.63) is 0 Å². The number of halogens is 2. The van der Waals surface area contributed by atoms with E-state index in [0.717, 1.165) is 37.4 Å². The number of rotatable bonds is 8. The molecule has 0 spiro atoms. The van der Waals surface area contributed by atoms with E-state index in [1.165, 1.54) is 0 Å². The van der Waals surface area contributed by atoms with Crippen LogP contribution in [0.25, 0.3) is 0 Å². The van der Waals surface area contributed by atoms with Crippen molar-refractivity contribution in [1.29, 1.82) is 0 Å². The largest absolute Gasteiger partial charge is 0.370 e. The zero-order valence-electron chi connectivity index (χ0n) is 9.76. The highest BCUT2D eigenvalue weighted by Crippen LogP contribution is 2.61. The molecule has 0 atom stereocenters. The van der Waals surface area contributed by atoms with Gasteiger partial charge in [-0.1, -0.05) is 40.0 Å². The maximum absolute atomic E-state index is 11.4. The van der Waals surface area contributed by atoms with Crippen molar-refractivity contribution in [2.24, 2.45) is 0 Å². The van der Waals surface area contributed by atoms with Gasteiger partial charge in [-0.2, -0.15) is 0 Å². The average Bonchev–Trinajstić information content (AvgIpc) is 2.01. The van der Waals surface area contributed by atoms with E-state index in [2.05, 4.69) is 20.8 Å². The van der Waals surface area contributed by atoms with Crippen molar-refractivity contribution in [2.45, 2.75) is 58.2 Å². The number of hydrogen-bond donors (Lipinski definition) is 0. The number of hydrogen-bond acceptors (Lipinski definition) is 2. The summed E-state index contributed by atoms with van der Waals surface area (Å²) in [6.45, 7) is 6.34. The molecule has 0 fully saturated rings. The lowest BCUT2D eigenvalue weighted by Crippen LogP contribution is -2.35. The molecule has 0 aliphatic heterocycles. The molecular weight excluding hydrogens is 270 g/mol. The van der Waals surface area contributed by atoms with Gasteiger partial charge in [-0.25, -0.2) is 0 Å². The van der Waals surface area contributed by atoms with E-state index in [1.54, 1.807) is 0 Å². The summed E-state index contributed by atoms with van der Waals surface area (Å²) in [7, 11) is -1.96. The first kappa shape index (κ1) is 16.0. The molecule has 0 aromatic carbocycles. The van der Waals surface area contributed by atoms with Crippen LogP contribution >= 0.6 is 28.6 Å². The fourth-order valence-electron chi connectivity index (χ4n) is 2.10. The van der Waals surface area contributed by atoms with Crippen LogP contribution in [-0.2, 0) is 8.78 Å². The third kappa shape index (κ3) is 7.01. The van der Waals surface area contributed by atoms with Crippen molar-refractivity contribution < 1.29 is 8.78 Å². The topological polar surface area (TPSA) is 26.3 Å².